The third kappa shape index (κ3) is 4.98. The molecule has 1 N–H and O–H groups in total. The second kappa shape index (κ2) is 10.0. The summed E-state index contributed by atoms with van der Waals surface area (Å²) >= 11 is 0. The minimum Gasteiger partial charge on any atom is -0.497 e. The number of aryl methyl sites for hydroxylation is 2. The number of hydrogen-bond acceptors (Lipinski definition) is 6. The number of amides is 3. The third-order valence-corrected chi connectivity index (χ3v) is 6.01. The maximum atomic E-state index is 13.0. The molecule has 8 nitrogen and oxygen atoms in total. The molecule has 0 saturated heterocycles. The van der Waals surface area contributed by atoms with E-state index in [4.69, 9.17) is 9.47 Å². The molecule has 0 aliphatic carbocycles. The number of hydrogen-bond donors (Lipinski definition) is 1. The number of methoxy groups -OCH3 is 1. The monoisotopic (exact) mass is 486 g/mol. The molecule has 0 saturated carbocycles. The van der Waals surface area contributed by atoms with Crippen LogP contribution in [0.3, 0.4) is 0 Å². The Morgan fingerprint density at radius 1 is 0.917 bits per heavy atom. The van der Waals surface area contributed by atoms with E-state index in [2.05, 4.69) is 5.32 Å². The first-order chi connectivity index (χ1) is 17.2. The van der Waals surface area contributed by atoms with Gasteiger partial charge in [0, 0.05) is 5.69 Å². The van der Waals surface area contributed by atoms with Gasteiger partial charge in [-0.2, -0.15) is 0 Å². The lowest BCUT2D eigenvalue weighted by Gasteiger charge is -2.15. The van der Waals surface area contributed by atoms with E-state index < -0.39 is 29.8 Å². The molecule has 184 valence electrons. The number of esters is 1. The van der Waals surface area contributed by atoms with Crippen molar-refractivity contribution in [3.63, 3.8) is 0 Å². The zero-order valence-electron chi connectivity index (χ0n) is 20.5. The smallest absolute Gasteiger partial charge is 0.338 e. The van der Waals surface area contributed by atoms with E-state index in [0.717, 1.165) is 21.6 Å². The molecule has 4 rings (SSSR count). The number of rotatable bonds is 7. The van der Waals surface area contributed by atoms with Crippen LogP contribution in [0.25, 0.3) is 0 Å². The highest BCUT2D eigenvalue weighted by molar-refractivity contribution is 6.21. The molecule has 0 spiro atoms. The molecule has 1 atom stereocenters. The molecule has 0 bridgehead atoms. The summed E-state index contributed by atoms with van der Waals surface area (Å²) in [6.45, 7) is 5.34. The Morgan fingerprint density at radius 3 is 2.31 bits per heavy atom. The fourth-order valence-electron chi connectivity index (χ4n) is 3.86. The topological polar surface area (TPSA) is 102 Å². The highest BCUT2D eigenvalue weighted by Crippen LogP contribution is 2.27. The molecule has 3 aromatic rings. The molecule has 3 amide bonds. The molecule has 3 aromatic carbocycles. The lowest BCUT2D eigenvalue weighted by Crippen LogP contribution is -2.30. The Balaban J connectivity index is 1.44. The molecule has 8 heteroatoms. The van der Waals surface area contributed by atoms with Gasteiger partial charge in [0.05, 0.1) is 30.3 Å². The first kappa shape index (κ1) is 24.7. The van der Waals surface area contributed by atoms with Gasteiger partial charge in [-0.1, -0.05) is 24.3 Å². The van der Waals surface area contributed by atoms with Crippen molar-refractivity contribution in [1.82, 2.24) is 4.90 Å². The van der Waals surface area contributed by atoms with E-state index in [-0.39, 0.29) is 23.2 Å². The average Bonchev–Trinajstić information content (AvgIpc) is 3.10. The summed E-state index contributed by atoms with van der Waals surface area (Å²) in [6, 6.07) is 16.9. The largest absolute Gasteiger partial charge is 0.497 e. The van der Waals surface area contributed by atoms with Crippen molar-refractivity contribution in [1.29, 1.82) is 0 Å². The maximum Gasteiger partial charge on any atom is 0.338 e. The van der Waals surface area contributed by atoms with Gasteiger partial charge in [-0.25, -0.2) is 4.79 Å². The highest BCUT2D eigenvalue weighted by atomic mass is 16.5. The Labute approximate surface area is 208 Å². The molecule has 1 aliphatic heterocycles. The summed E-state index contributed by atoms with van der Waals surface area (Å²) in [5.41, 5.74) is 3.68. The molecule has 1 unspecified atom stereocenters. The van der Waals surface area contributed by atoms with E-state index in [1.54, 1.807) is 31.4 Å². The molecule has 36 heavy (non-hydrogen) atoms. The Bertz CT molecular complexity index is 1360. The zero-order valence-corrected chi connectivity index (χ0v) is 20.5. The van der Waals surface area contributed by atoms with Crippen molar-refractivity contribution in [2.24, 2.45) is 0 Å². The number of anilines is 1. The summed E-state index contributed by atoms with van der Waals surface area (Å²) in [7, 11) is 1.56. The van der Waals surface area contributed by atoms with Gasteiger partial charge >= 0.3 is 5.97 Å². The predicted molar refractivity (Wildman–Crippen MR) is 133 cm³/mol. The molecular weight excluding hydrogens is 460 g/mol. The van der Waals surface area contributed by atoms with E-state index in [0.29, 0.717) is 11.4 Å². The molecule has 0 fully saturated rings. The lowest BCUT2D eigenvalue weighted by atomic mass is 10.1. The highest BCUT2D eigenvalue weighted by Gasteiger charge is 2.36. The second-order valence-corrected chi connectivity index (χ2v) is 8.66. The van der Waals surface area contributed by atoms with E-state index in [1.165, 1.54) is 25.1 Å². The maximum absolute atomic E-state index is 13.0. The van der Waals surface area contributed by atoms with E-state index in [9.17, 15) is 19.2 Å². The summed E-state index contributed by atoms with van der Waals surface area (Å²) in [5.74, 6) is -1.51. The van der Waals surface area contributed by atoms with E-state index in [1.807, 2.05) is 32.0 Å². The van der Waals surface area contributed by atoms with Crippen molar-refractivity contribution in [3.05, 3.63) is 94.0 Å². The van der Waals surface area contributed by atoms with Crippen LogP contribution in [0.1, 0.15) is 54.7 Å². The molecule has 1 aliphatic rings. The minimum absolute atomic E-state index is 0.0765. The fraction of sp³-hybridized carbons (Fsp3) is 0.214. The Kier molecular flexibility index (Phi) is 6.87. The average molecular weight is 487 g/mol. The van der Waals surface area contributed by atoms with Crippen LogP contribution in [0.5, 0.6) is 5.75 Å². The van der Waals surface area contributed by atoms with Crippen molar-refractivity contribution in [3.8, 4) is 5.75 Å². The normalized spacial score (nSPS) is 13.3. The first-order valence-corrected chi connectivity index (χ1v) is 11.4. The number of imide groups is 1. The van der Waals surface area contributed by atoms with Gasteiger partial charge in [0.2, 0.25) is 0 Å². The van der Waals surface area contributed by atoms with Gasteiger partial charge < -0.3 is 14.8 Å². The second-order valence-electron chi connectivity index (χ2n) is 8.66. The standard InChI is InChI=1S/C28H26N2O6/c1-16-5-6-17(2)24(13-16)29-25(31)18(3)36-28(34)20-9-12-22-23(14-20)27(33)30(26(22)32)15-19-7-10-21(35-4)11-8-19/h5-14,18H,15H2,1-4H3,(H,29,31). The number of carbonyl (C=O) groups excluding carboxylic acids is 4. The number of nitrogens with one attached hydrogen (secondary N) is 1. The van der Waals surface area contributed by atoms with Crippen LogP contribution < -0.4 is 10.1 Å². The van der Waals surface area contributed by atoms with Crippen LogP contribution in [0.15, 0.2) is 60.7 Å². The third-order valence-electron chi connectivity index (χ3n) is 6.01. The van der Waals surface area contributed by atoms with Gasteiger partial charge in [-0.3, -0.25) is 19.3 Å². The minimum atomic E-state index is -1.07. The summed E-state index contributed by atoms with van der Waals surface area (Å²) < 4.78 is 10.5. The molecule has 1 heterocycles. The van der Waals surface area contributed by atoms with Crippen LogP contribution >= 0.6 is 0 Å². The van der Waals surface area contributed by atoms with E-state index >= 15 is 0 Å². The van der Waals surface area contributed by atoms with Crippen molar-refractivity contribution in [2.45, 2.75) is 33.4 Å². The van der Waals surface area contributed by atoms with Crippen molar-refractivity contribution >= 4 is 29.4 Å². The predicted octanol–water partition coefficient (Wildman–Crippen LogP) is 4.29. The number of ether oxygens (including phenoxy) is 2. The number of benzene rings is 3. The summed E-state index contributed by atoms with van der Waals surface area (Å²) in [4.78, 5) is 52.2. The zero-order chi connectivity index (χ0) is 26.0. The van der Waals surface area contributed by atoms with Gasteiger partial charge in [-0.05, 0) is 73.9 Å². The van der Waals surface area contributed by atoms with Crippen LogP contribution in [-0.2, 0) is 16.1 Å². The SMILES string of the molecule is COc1ccc(CN2C(=O)c3ccc(C(=O)OC(C)C(=O)Nc4cc(C)ccc4C)cc3C2=O)cc1. The van der Waals surface area contributed by atoms with Crippen molar-refractivity contribution in [2.75, 3.05) is 12.4 Å². The number of fused-ring (bicyclic) bond motifs is 1. The van der Waals surface area contributed by atoms with Gasteiger partial charge in [0.25, 0.3) is 17.7 Å². The fourth-order valence-corrected chi connectivity index (χ4v) is 3.86. The van der Waals surface area contributed by atoms with Gasteiger partial charge in [0.15, 0.2) is 6.10 Å². The number of carbonyl (C=O) groups is 4. The van der Waals surface area contributed by atoms with Crippen LogP contribution in [-0.4, -0.2) is 41.8 Å². The Morgan fingerprint density at radius 2 is 1.61 bits per heavy atom. The van der Waals surface area contributed by atoms with Crippen LogP contribution in [0.4, 0.5) is 5.69 Å². The van der Waals surface area contributed by atoms with Crippen LogP contribution in [0, 0.1) is 13.8 Å². The molecule has 0 radical (unpaired) electrons. The van der Waals surface area contributed by atoms with Gasteiger partial charge in [-0.15, -0.1) is 0 Å². The summed E-state index contributed by atoms with van der Waals surface area (Å²) in [5, 5.41) is 2.77. The number of nitrogens with zero attached hydrogens (tertiary/aromatic N) is 1. The lowest BCUT2D eigenvalue weighted by molar-refractivity contribution is -0.123. The molecule has 0 aromatic heterocycles. The van der Waals surface area contributed by atoms with Crippen LogP contribution in [0.2, 0.25) is 0 Å². The first-order valence-electron chi connectivity index (χ1n) is 11.4. The quantitative estimate of drug-likeness (QED) is 0.395. The van der Waals surface area contributed by atoms with Gasteiger partial charge in [0.1, 0.15) is 5.75 Å². The molecular formula is C28H26N2O6. The Hall–Kier alpha value is -4.46. The summed E-state index contributed by atoms with van der Waals surface area (Å²) in [6.07, 6.45) is -1.07. The van der Waals surface area contributed by atoms with Crippen molar-refractivity contribution < 1.29 is 28.7 Å².